The molecule has 0 unspecified atom stereocenters. The van der Waals surface area contributed by atoms with E-state index in [1.165, 1.54) is 0 Å². The number of hydrogen-bond donors (Lipinski definition) is 0. The monoisotopic (exact) mass is 384 g/mol. The highest BCUT2D eigenvalue weighted by atomic mass is 35.5. The van der Waals surface area contributed by atoms with Gasteiger partial charge < -0.3 is 9.32 Å². The molecule has 140 valence electrons. The minimum atomic E-state index is -0.117. The van der Waals surface area contributed by atoms with Gasteiger partial charge >= 0.3 is 0 Å². The average molecular weight is 385 g/mol. The van der Waals surface area contributed by atoms with E-state index in [9.17, 15) is 4.79 Å². The second kappa shape index (κ2) is 7.56. The second-order valence-corrected chi connectivity index (χ2v) is 7.30. The van der Waals surface area contributed by atoms with E-state index in [0.29, 0.717) is 23.9 Å². The number of carbonyl (C=O) groups is 1. The number of carbonyl (C=O) groups excluding carboxylic acids is 1. The summed E-state index contributed by atoms with van der Waals surface area (Å²) in [5, 5.41) is 4.91. The van der Waals surface area contributed by atoms with Crippen LogP contribution >= 0.6 is 11.6 Å². The Kier molecular flexibility index (Phi) is 4.99. The first-order chi connectivity index (χ1) is 13.1. The Balaban J connectivity index is 1.46. The lowest BCUT2D eigenvalue weighted by Crippen LogP contribution is -2.33. The van der Waals surface area contributed by atoms with E-state index in [1.54, 1.807) is 17.1 Å². The van der Waals surface area contributed by atoms with Crippen LogP contribution in [0.3, 0.4) is 0 Å². The Bertz CT molecular complexity index is 949. The summed E-state index contributed by atoms with van der Waals surface area (Å²) < 4.78 is 7.65. The molecule has 1 amide bonds. The highest BCUT2D eigenvalue weighted by Gasteiger charge is 2.33. The number of rotatable bonds is 5. The van der Waals surface area contributed by atoms with Crippen molar-refractivity contribution >= 4 is 17.5 Å². The molecule has 3 aromatic rings. The fraction of sp³-hybridized carbons (Fsp3) is 0.350. The Morgan fingerprint density at radius 3 is 2.96 bits per heavy atom. The van der Waals surface area contributed by atoms with Crippen molar-refractivity contribution in [3.63, 3.8) is 0 Å². The number of aromatic nitrogens is 3. The maximum atomic E-state index is 12.7. The molecule has 1 aliphatic rings. The van der Waals surface area contributed by atoms with Crippen LogP contribution in [0.5, 0.6) is 0 Å². The highest BCUT2D eigenvalue weighted by molar-refractivity contribution is 6.31. The van der Waals surface area contributed by atoms with Crippen molar-refractivity contribution in [2.45, 2.75) is 38.8 Å². The number of oxazole rings is 1. The van der Waals surface area contributed by atoms with Gasteiger partial charge in [0.2, 0.25) is 11.8 Å². The maximum Gasteiger partial charge on any atom is 0.244 e. The molecule has 2 aromatic heterocycles. The molecule has 0 radical (unpaired) electrons. The minimum Gasteiger partial charge on any atom is -0.443 e. The van der Waals surface area contributed by atoms with Gasteiger partial charge in [0, 0.05) is 24.2 Å². The van der Waals surface area contributed by atoms with Crippen LogP contribution in [0.4, 0.5) is 0 Å². The third-order valence-electron chi connectivity index (χ3n) is 4.81. The third-order valence-corrected chi connectivity index (χ3v) is 5.18. The van der Waals surface area contributed by atoms with Gasteiger partial charge in [-0.1, -0.05) is 29.8 Å². The molecule has 1 fully saturated rings. The van der Waals surface area contributed by atoms with Crippen molar-refractivity contribution in [3.05, 3.63) is 70.7 Å². The van der Waals surface area contributed by atoms with Crippen LogP contribution in [0, 0.1) is 6.92 Å². The average Bonchev–Trinajstić information content (AvgIpc) is 3.37. The lowest BCUT2D eigenvalue weighted by Gasteiger charge is -2.22. The molecule has 1 aliphatic heterocycles. The predicted octanol–water partition coefficient (Wildman–Crippen LogP) is 3.79. The predicted molar refractivity (Wildman–Crippen MR) is 101 cm³/mol. The number of aryl methyl sites for hydroxylation is 1. The Labute approximate surface area is 162 Å². The zero-order valence-electron chi connectivity index (χ0n) is 15.1. The van der Waals surface area contributed by atoms with Crippen LogP contribution in [0.1, 0.15) is 41.7 Å². The minimum absolute atomic E-state index is 0.0338. The molecule has 6 nitrogen and oxygen atoms in total. The van der Waals surface area contributed by atoms with Crippen LogP contribution in [0.25, 0.3) is 0 Å². The normalized spacial score (nSPS) is 16.8. The van der Waals surface area contributed by atoms with Gasteiger partial charge in [0.05, 0.1) is 12.4 Å². The number of hydrogen-bond acceptors (Lipinski definition) is 4. The molecular formula is C20H21ClN4O2. The van der Waals surface area contributed by atoms with Crippen molar-refractivity contribution < 1.29 is 9.21 Å². The van der Waals surface area contributed by atoms with Crippen LogP contribution in [-0.2, 0) is 17.8 Å². The van der Waals surface area contributed by atoms with Gasteiger partial charge in [-0.25, -0.2) is 4.98 Å². The molecule has 4 rings (SSSR count). The highest BCUT2D eigenvalue weighted by Crippen LogP contribution is 2.32. The smallest absolute Gasteiger partial charge is 0.244 e. The van der Waals surface area contributed by atoms with Gasteiger partial charge in [0.15, 0.2) is 0 Å². The van der Waals surface area contributed by atoms with Gasteiger partial charge in [0.25, 0.3) is 0 Å². The van der Waals surface area contributed by atoms with Gasteiger partial charge in [0.1, 0.15) is 18.3 Å². The third kappa shape index (κ3) is 3.90. The van der Waals surface area contributed by atoms with E-state index in [4.69, 9.17) is 16.0 Å². The van der Waals surface area contributed by atoms with Crippen LogP contribution < -0.4 is 0 Å². The van der Waals surface area contributed by atoms with Gasteiger partial charge in [-0.05, 0) is 37.0 Å². The van der Waals surface area contributed by atoms with Crippen LogP contribution in [0.15, 0.2) is 47.3 Å². The number of likely N-dealkylation sites (tertiary alicyclic amines) is 1. The zero-order chi connectivity index (χ0) is 18.8. The molecule has 7 heteroatoms. The molecule has 0 bridgehead atoms. The van der Waals surface area contributed by atoms with Crippen molar-refractivity contribution in [1.82, 2.24) is 19.7 Å². The van der Waals surface area contributed by atoms with E-state index in [-0.39, 0.29) is 18.5 Å². The lowest BCUT2D eigenvalue weighted by molar-refractivity contribution is -0.133. The quantitative estimate of drug-likeness (QED) is 0.671. The van der Waals surface area contributed by atoms with E-state index in [2.05, 4.69) is 10.1 Å². The molecular weight excluding hydrogens is 364 g/mol. The van der Waals surface area contributed by atoms with Crippen molar-refractivity contribution in [2.75, 3.05) is 6.54 Å². The molecule has 1 atom stereocenters. The van der Waals surface area contributed by atoms with E-state index >= 15 is 0 Å². The van der Waals surface area contributed by atoms with E-state index < -0.39 is 0 Å². The van der Waals surface area contributed by atoms with Gasteiger partial charge in [-0.15, -0.1) is 0 Å². The lowest BCUT2D eigenvalue weighted by atomic mass is 10.1. The Morgan fingerprint density at radius 2 is 2.19 bits per heavy atom. The summed E-state index contributed by atoms with van der Waals surface area (Å²) in [6, 6.07) is 7.58. The molecule has 0 saturated carbocycles. The first-order valence-electron chi connectivity index (χ1n) is 9.06. The topological polar surface area (TPSA) is 64.2 Å². The fourth-order valence-corrected chi connectivity index (χ4v) is 3.70. The molecule has 0 N–H and O–H groups in total. The Hall–Kier alpha value is -2.60. The first kappa shape index (κ1) is 17.8. The Morgan fingerprint density at radius 1 is 1.33 bits per heavy atom. The molecule has 3 heterocycles. The number of benzene rings is 1. The van der Waals surface area contributed by atoms with Crippen molar-refractivity contribution in [1.29, 1.82) is 0 Å². The van der Waals surface area contributed by atoms with Crippen molar-refractivity contribution in [2.24, 2.45) is 0 Å². The summed E-state index contributed by atoms with van der Waals surface area (Å²) >= 11 is 6.23. The SMILES string of the molecule is Cc1cnn(CC(=O)N2CCC[C@@H]2c2ncc(Cc3ccccc3Cl)o2)c1. The van der Waals surface area contributed by atoms with Crippen LogP contribution in [-0.4, -0.2) is 32.1 Å². The summed E-state index contributed by atoms with van der Waals surface area (Å²) in [6.45, 7) is 2.91. The molecule has 0 aliphatic carbocycles. The summed E-state index contributed by atoms with van der Waals surface area (Å²) in [5.74, 6) is 1.38. The number of halogens is 1. The summed E-state index contributed by atoms with van der Waals surface area (Å²) in [6.07, 6.45) is 7.74. The molecule has 1 saturated heterocycles. The van der Waals surface area contributed by atoms with Gasteiger partial charge in [-0.3, -0.25) is 9.48 Å². The zero-order valence-corrected chi connectivity index (χ0v) is 15.9. The second-order valence-electron chi connectivity index (χ2n) is 6.89. The number of amides is 1. The van der Waals surface area contributed by atoms with Crippen molar-refractivity contribution in [3.8, 4) is 0 Å². The summed E-state index contributed by atoms with van der Waals surface area (Å²) in [7, 11) is 0. The maximum absolute atomic E-state index is 12.7. The summed E-state index contributed by atoms with van der Waals surface area (Å²) in [5.41, 5.74) is 2.04. The van der Waals surface area contributed by atoms with E-state index in [1.807, 2.05) is 42.3 Å². The standard InChI is InChI=1S/C20H21ClN4O2/c1-14-10-23-24(12-14)13-19(26)25-8-4-7-18(25)20-22-11-16(27-20)9-15-5-2-3-6-17(15)21/h2-3,5-6,10-12,18H,4,7-9,13H2,1H3/t18-/m1/s1. The molecule has 1 aromatic carbocycles. The largest absolute Gasteiger partial charge is 0.443 e. The van der Waals surface area contributed by atoms with Gasteiger partial charge in [-0.2, -0.15) is 5.10 Å². The fourth-order valence-electron chi connectivity index (χ4n) is 3.49. The molecule has 0 spiro atoms. The number of nitrogens with zero attached hydrogens (tertiary/aromatic N) is 4. The first-order valence-corrected chi connectivity index (χ1v) is 9.44. The van der Waals surface area contributed by atoms with Crippen LogP contribution in [0.2, 0.25) is 5.02 Å². The molecule has 27 heavy (non-hydrogen) atoms. The van der Waals surface area contributed by atoms with E-state index in [0.717, 1.165) is 29.7 Å². The summed E-state index contributed by atoms with van der Waals surface area (Å²) in [4.78, 5) is 19.0.